The normalized spacial score (nSPS) is 12.3. The third-order valence-corrected chi connectivity index (χ3v) is 5.19. The Labute approximate surface area is 197 Å². The van der Waals surface area contributed by atoms with Crippen LogP contribution in [0.2, 0.25) is 0 Å². The van der Waals surface area contributed by atoms with Gasteiger partial charge in [0.2, 0.25) is 0 Å². The van der Waals surface area contributed by atoms with E-state index in [1.165, 1.54) is 6.92 Å². The van der Waals surface area contributed by atoms with Gasteiger partial charge in [0.05, 0.1) is 11.1 Å². The highest BCUT2D eigenvalue weighted by Gasteiger charge is 2.27. The number of aromatic amines is 1. The number of carbonyl (C=O) groups is 2. The number of carbonyl (C=O) groups excluding carboxylic acids is 2. The monoisotopic (exact) mass is 475 g/mol. The molecule has 4 aromatic rings. The summed E-state index contributed by atoms with van der Waals surface area (Å²) in [6, 6.07) is 16.2. The van der Waals surface area contributed by atoms with Crippen molar-refractivity contribution in [2.24, 2.45) is 5.10 Å². The minimum absolute atomic E-state index is 0.0895. The van der Waals surface area contributed by atoms with Crippen molar-refractivity contribution in [3.8, 4) is 0 Å². The van der Waals surface area contributed by atoms with Crippen LogP contribution in [0.5, 0.6) is 0 Å². The Balaban J connectivity index is 1.70. The van der Waals surface area contributed by atoms with E-state index >= 15 is 0 Å². The van der Waals surface area contributed by atoms with Gasteiger partial charge in [-0.15, -0.1) is 0 Å². The smallest absolute Gasteiger partial charge is 0.272 e. The Kier molecular flexibility index (Phi) is 6.72. The van der Waals surface area contributed by atoms with Crippen molar-refractivity contribution in [2.75, 3.05) is 0 Å². The molecule has 0 aliphatic heterocycles. The van der Waals surface area contributed by atoms with Gasteiger partial charge in [-0.05, 0) is 37.3 Å². The zero-order valence-corrected chi connectivity index (χ0v) is 18.4. The number of rotatable bonds is 6. The molecule has 1 unspecified atom stereocenters. The van der Waals surface area contributed by atoms with Crippen LogP contribution in [-0.2, 0) is 4.79 Å². The second kappa shape index (κ2) is 10.0. The molecule has 0 spiro atoms. The van der Waals surface area contributed by atoms with Gasteiger partial charge < -0.3 is 5.32 Å². The van der Waals surface area contributed by atoms with Gasteiger partial charge in [0.15, 0.2) is 6.04 Å². The van der Waals surface area contributed by atoms with Crippen LogP contribution < -0.4 is 16.3 Å². The second-order valence-electron chi connectivity index (χ2n) is 7.59. The predicted molar refractivity (Wildman–Crippen MR) is 126 cm³/mol. The van der Waals surface area contributed by atoms with Crippen LogP contribution in [0.4, 0.5) is 8.78 Å². The van der Waals surface area contributed by atoms with Crippen LogP contribution >= 0.6 is 0 Å². The van der Waals surface area contributed by atoms with E-state index in [1.807, 2.05) is 0 Å². The third kappa shape index (κ3) is 5.27. The molecule has 10 heteroatoms. The van der Waals surface area contributed by atoms with E-state index < -0.39 is 35.0 Å². The highest BCUT2D eigenvalue weighted by Crippen LogP contribution is 2.20. The van der Waals surface area contributed by atoms with Gasteiger partial charge in [0.1, 0.15) is 17.3 Å². The lowest BCUT2D eigenvalue weighted by atomic mass is 10.0. The molecule has 3 aromatic carbocycles. The van der Waals surface area contributed by atoms with Crippen molar-refractivity contribution in [3.63, 3.8) is 0 Å². The summed E-state index contributed by atoms with van der Waals surface area (Å²) in [5.41, 5.74) is 2.50. The lowest BCUT2D eigenvalue weighted by Gasteiger charge is -2.18. The quantitative estimate of drug-likeness (QED) is 0.293. The summed E-state index contributed by atoms with van der Waals surface area (Å²) in [6.07, 6.45) is 0. The minimum atomic E-state index is -1.36. The average molecular weight is 475 g/mol. The molecule has 0 aliphatic rings. The zero-order chi connectivity index (χ0) is 24.9. The minimum Gasteiger partial charge on any atom is -0.335 e. The number of hydrazone groups is 1. The number of nitrogens with zero attached hydrogens (tertiary/aromatic N) is 2. The summed E-state index contributed by atoms with van der Waals surface area (Å²) in [4.78, 5) is 38.3. The summed E-state index contributed by atoms with van der Waals surface area (Å²) in [5.74, 6) is -2.93. The van der Waals surface area contributed by atoms with Crippen LogP contribution in [0.3, 0.4) is 0 Å². The molecule has 176 valence electrons. The second-order valence-corrected chi connectivity index (χ2v) is 7.59. The topological polar surface area (TPSA) is 116 Å². The number of aromatic nitrogens is 2. The summed E-state index contributed by atoms with van der Waals surface area (Å²) in [5, 5.41) is 13.5. The van der Waals surface area contributed by atoms with E-state index in [0.717, 1.165) is 18.2 Å². The molecule has 0 radical (unpaired) electrons. The van der Waals surface area contributed by atoms with Gasteiger partial charge in [0.25, 0.3) is 17.4 Å². The molecule has 3 N–H and O–H groups in total. The highest BCUT2D eigenvalue weighted by molar-refractivity contribution is 6.01. The maximum atomic E-state index is 13.6. The summed E-state index contributed by atoms with van der Waals surface area (Å²) >= 11 is 0. The maximum absolute atomic E-state index is 13.6. The fourth-order valence-electron chi connectivity index (χ4n) is 3.45. The molecule has 2 amide bonds. The molecule has 35 heavy (non-hydrogen) atoms. The first-order valence-corrected chi connectivity index (χ1v) is 10.5. The molecule has 0 bridgehead atoms. The fraction of sp³-hybridized carbons (Fsp3) is 0.0800. The Morgan fingerprint density at radius 1 is 0.914 bits per heavy atom. The van der Waals surface area contributed by atoms with Crippen LogP contribution in [0.15, 0.2) is 82.7 Å². The Morgan fingerprint density at radius 2 is 1.54 bits per heavy atom. The van der Waals surface area contributed by atoms with Gasteiger partial charge in [-0.25, -0.2) is 19.3 Å². The SMILES string of the molecule is C/C(=N\NC(=O)C(NC(=O)c1ccccc1)c1n[nH]c(=O)c2ccccc12)c1cc(F)cc(F)c1. The summed E-state index contributed by atoms with van der Waals surface area (Å²) in [7, 11) is 0. The first kappa shape index (κ1) is 23.4. The Bertz CT molecular complexity index is 1480. The van der Waals surface area contributed by atoms with Gasteiger partial charge >= 0.3 is 0 Å². The molecule has 4 rings (SSSR count). The number of nitrogens with one attached hydrogen (secondary N) is 3. The van der Waals surface area contributed by atoms with Gasteiger partial charge in [-0.3, -0.25) is 14.4 Å². The molecule has 1 aromatic heterocycles. The van der Waals surface area contributed by atoms with Crippen molar-refractivity contribution in [1.82, 2.24) is 20.9 Å². The predicted octanol–water partition coefficient (Wildman–Crippen LogP) is 3.21. The molecule has 0 saturated carbocycles. The standard InChI is InChI=1S/C25H19F2N5O3/c1-14(16-11-17(26)13-18(27)12-16)29-32-25(35)22(28-23(33)15-7-3-2-4-8-15)21-19-9-5-6-10-20(19)24(34)31-30-21/h2-13,22H,1H3,(H,28,33)(H,31,34)(H,32,35)/b29-14+. The fourth-order valence-corrected chi connectivity index (χ4v) is 3.45. The first-order valence-electron chi connectivity index (χ1n) is 10.5. The van der Waals surface area contributed by atoms with Gasteiger partial charge in [0, 0.05) is 22.6 Å². The Hall–Kier alpha value is -4.73. The molecule has 0 saturated heterocycles. The van der Waals surface area contributed by atoms with Crippen molar-refractivity contribution < 1.29 is 18.4 Å². The number of fused-ring (bicyclic) bond motifs is 1. The van der Waals surface area contributed by atoms with Crippen molar-refractivity contribution in [1.29, 1.82) is 0 Å². The number of H-pyrrole nitrogens is 1. The zero-order valence-electron chi connectivity index (χ0n) is 18.4. The molecular formula is C25H19F2N5O3. The van der Waals surface area contributed by atoms with E-state index in [2.05, 4.69) is 26.0 Å². The largest absolute Gasteiger partial charge is 0.335 e. The van der Waals surface area contributed by atoms with E-state index in [1.54, 1.807) is 54.6 Å². The Morgan fingerprint density at radius 3 is 2.23 bits per heavy atom. The van der Waals surface area contributed by atoms with Gasteiger partial charge in [-0.1, -0.05) is 36.4 Å². The number of amides is 2. The van der Waals surface area contributed by atoms with E-state index in [4.69, 9.17) is 0 Å². The molecule has 1 atom stereocenters. The number of hydrogen-bond acceptors (Lipinski definition) is 5. The van der Waals surface area contributed by atoms with Crippen molar-refractivity contribution >= 4 is 28.3 Å². The molecule has 8 nitrogen and oxygen atoms in total. The summed E-state index contributed by atoms with van der Waals surface area (Å²) in [6.45, 7) is 1.46. The molecular weight excluding hydrogens is 456 g/mol. The number of halogens is 2. The summed E-state index contributed by atoms with van der Waals surface area (Å²) < 4.78 is 27.1. The van der Waals surface area contributed by atoms with E-state index in [-0.39, 0.29) is 22.4 Å². The van der Waals surface area contributed by atoms with Crippen molar-refractivity contribution in [3.05, 3.63) is 112 Å². The number of hydrogen-bond donors (Lipinski definition) is 3. The van der Waals surface area contributed by atoms with Crippen LogP contribution in [0, 0.1) is 11.6 Å². The van der Waals surface area contributed by atoms with Crippen molar-refractivity contribution in [2.45, 2.75) is 13.0 Å². The molecule has 0 fully saturated rings. The van der Waals surface area contributed by atoms with E-state index in [9.17, 15) is 23.2 Å². The lowest BCUT2D eigenvalue weighted by Crippen LogP contribution is -2.40. The highest BCUT2D eigenvalue weighted by atomic mass is 19.1. The number of benzene rings is 3. The average Bonchev–Trinajstić information content (AvgIpc) is 2.86. The third-order valence-electron chi connectivity index (χ3n) is 5.19. The van der Waals surface area contributed by atoms with Crippen LogP contribution in [0.1, 0.15) is 34.6 Å². The lowest BCUT2D eigenvalue weighted by molar-refractivity contribution is -0.123. The molecule has 0 aliphatic carbocycles. The van der Waals surface area contributed by atoms with Crippen LogP contribution in [-0.4, -0.2) is 27.7 Å². The van der Waals surface area contributed by atoms with Crippen LogP contribution in [0.25, 0.3) is 10.8 Å². The van der Waals surface area contributed by atoms with E-state index in [0.29, 0.717) is 10.9 Å². The first-order chi connectivity index (χ1) is 16.8. The molecule has 1 heterocycles. The van der Waals surface area contributed by atoms with Gasteiger partial charge in [-0.2, -0.15) is 10.2 Å². The maximum Gasteiger partial charge on any atom is 0.272 e.